The first-order valence-corrected chi connectivity index (χ1v) is 4.99. The van der Waals surface area contributed by atoms with Crippen molar-refractivity contribution in [3.05, 3.63) is 0 Å². The molecule has 13 heavy (non-hydrogen) atoms. The Morgan fingerprint density at radius 1 is 1.62 bits per heavy atom. The van der Waals surface area contributed by atoms with Gasteiger partial charge in [-0.2, -0.15) is 0 Å². The van der Waals surface area contributed by atoms with Crippen LogP contribution in [-0.4, -0.2) is 25.2 Å². The third kappa shape index (κ3) is 3.35. The first-order valence-electron chi connectivity index (χ1n) is 4.99. The van der Waals surface area contributed by atoms with Gasteiger partial charge in [0.2, 0.25) is 5.91 Å². The van der Waals surface area contributed by atoms with Crippen molar-refractivity contribution < 1.29 is 9.53 Å². The zero-order valence-electron chi connectivity index (χ0n) is 8.67. The maximum Gasteiger partial charge on any atom is 0.225 e. The monoisotopic (exact) mass is 185 g/mol. The molecule has 1 N–H and O–H groups in total. The Morgan fingerprint density at radius 2 is 2.31 bits per heavy atom. The smallest absolute Gasteiger partial charge is 0.225 e. The lowest BCUT2D eigenvalue weighted by atomic mass is 10.1. The standard InChI is InChI=1S/C10H19NO2/c1-7(2)5-11-10(12)9-4-8(3)13-6-9/h7-9H,4-6H2,1-3H3,(H,11,12). The molecular formula is C10H19NO2. The van der Waals surface area contributed by atoms with E-state index in [-0.39, 0.29) is 17.9 Å². The molecule has 3 nitrogen and oxygen atoms in total. The van der Waals surface area contributed by atoms with E-state index in [9.17, 15) is 4.79 Å². The van der Waals surface area contributed by atoms with Crippen molar-refractivity contribution in [2.75, 3.05) is 13.2 Å². The Balaban J connectivity index is 2.24. The molecule has 0 aromatic rings. The van der Waals surface area contributed by atoms with Crippen LogP contribution < -0.4 is 5.32 Å². The van der Waals surface area contributed by atoms with E-state index < -0.39 is 0 Å². The number of carbonyl (C=O) groups is 1. The quantitative estimate of drug-likeness (QED) is 0.717. The van der Waals surface area contributed by atoms with Gasteiger partial charge in [-0.3, -0.25) is 4.79 Å². The van der Waals surface area contributed by atoms with Crippen molar-refractivity contribution in [2.24, 2.45) is 11.8 Å². The number of hydrogen-bond acceptors (Lipinski definition) is 2. The van der Waals surface area contributed by atoms with Crippen molar-refractivity contribution >= 4 is 5.91 Å². The average Bonchev–Trinajstić information content (AvgIpc) is 2.47. The molecule has 1 rings (SSSR count). The molecule has 1 amide bonds. The Hall–Kier alpha value is -0.570. The van der Waals surface area contributed by atoms with Gasteiger partial charge in [-0.15, -0.1) is 0 Å². The van der Waals surface area contributed by atoms with Gasteiger partial charge in [-0.1, -0.05) is 13.8 Å². The average molecular weight is 185 g/mol. The van der Waals surface area contributed by atoms with Crippen molar-refractivity contribution in [2.45, 2.75) is 33.3 Å². The Morgan fingerprint density at radius 3 is 2.77 bits per heavy atom. The second kappa shape index (κ2) is 4.61. The number of nitrogens with one attached hydrogen (secondary N) is 1. The van der Waals surface area contributed by atoms with Gasteiger partial charge in [0.15, 0.2) is 0 Å². The van der Waals surface area contributed by atoms with E-state index in [0.29, 0.717) is 12.5 Å². The van der Waals surface area contributed by atoms with Crippen LogP contribution in [0.15, 0.2) is 0 Å². The highest BCUT2D eigenvalue weighted by molar-refractivity contribution is 5.79. The molecule has 1 saturated heterocycles. The Bertz CT molecular complexity index is 180. The third-order valence-corrected chi connectivity index (χ3v) is 2.25. The molecule has 1 aliphatic heterocycles. The van der Waals surface area contributed by atoms with E-state index in [2.05, 4.69) is 19.2 Å². The van der Waals surface area contributed by atoms with E-state index in [4.69, 9.17) is 4.74 Å². The second-order valence-corrected chi connectivity index (χ2v) is 4.22. The minimum absolute atomic E-state index is 0.0775. The molecule has 3 heteroatoms. The fraction of sp³-hybridized carbons (Fsp3) is 0.900. The lowest BCUT2D eigenvalue weighted by Gasteiger charge is -2.10. The fourth-order valence-corrected chi connectivity index (χ4v) is 1.45. The predicted octanol–water partition coefficient (Wildman–Crippen LogP) is 1.18. The van der Waals surface area contributed by atoms with E-state index in [0.717, 1.165) is 13.0 Å². The number of ether oxygens (including phenoxy) is 1. The van der Waals surface area contributed by atoms with Crippen molar-refractivity contribution in [1.29, 1.82) is 0 Å². The van der Waals surface area contributed by atoms with Gasteiger partial charge in [0.25, 0.3) is 0 Å². The number of amides is 1. The normalized spacial score (nSPS) is 28.0. The summed E-state index contributed by atoms with van der Waals surface area (Å²) >= 11 is 0. The van der Waals surface area contributed by atoms with Crippen molar-refractivity contribution in [3.63, 3.8) is 0 Å². The molecule has 0 spiro atoms. The summed E-state index contributed by atoms with van der Waals surface area (Å²) in [4.78, 5) is 11.5. The molecule has 2 atom stereocenters. The molecule has 0 aliphatic carbocycles. The van der Waals surface area contributed by atoms with Crippen LogP contribution in [0.2, 0.25) is 0 Å². The second-order valence-electron chi connectivity index (χ2n) is 4.22. The Kier molecular flexibility index (Phi) is 3.72. The minimum Gasteiger partial charge on any atom is -0.378 e. The van der Waals surface area contributed by atoms with Crippen LogP contribution in [0, 0.1) is 11.8 Å². The minimum atomic E-state index is 0.0775. The zero-order chi connectivity index (χ0) is 9.84. The van der Waals surface area contributed by atoms with Gasteiger partial charge < -0.3 is 10.1 Å². The molecule has 1 heterocycles. The maximum absolute atomic E-state index is 11.5. The molecule has 76 valence electrons. The van der Waals surface area contributed by atoms with E-state index >= 15 is 0 Å². The molecule has 0 saturated carbocycles. The van der Waals surface area contributed by atoms with Crippen LogP contribution in [0.25, 0.3) is 0 Å². The summed E-state index contributed by atoms with van der Waals surface area (Å²) in [5.74, 6) is 0.746. The molecule has 0 aromatic heterocycles. The molecular weight excluding hydrogens is 166 g/mol. The summed E-state index contributed by atoms with van der Waals surface area (Å²) < 4.78 is 5.33. The largest absolute Gasteiger partial charge is 0.378 e. The van der Waals surface area contributed by atoms with Gasteiger partial charge in [-0.05, 0) is 19.3 Å². The van der Waals surface area contributed by atoms with Gasteiger partial charge >= 0.3 is 0 Å². The number of hydrogen-bond donors (Lipinski definition) is 1. The molecule has 1 fully saturated rings. The summed E-state index contributed by atoms with van der Waals surface area (Å²) in [6.07, 6.45) is 1.11. The Labute approximate surface area is 79.8 Å². The fourth-order valence-electron chi connectivity index (χ4n) is 1.45. The summed E-state index contributed by atoms with van der Waals surface area (Å²) in [7, 11) is 0. The summed E-state index contributed by atoms with van der Waals surface area (Å²) in [6, 6.07) is 0. The van der Waals surface area contributed by atoms with Crippen LogP contribution in [0.5, 0.6) is 0 Å². The van der Waals surface area contributed by atoms with Crippen LogP contribution in [0.4, 0.5) is 0 Å². The molecule has 0 radical (unpaired) electrons. The highest BCUT2D eigenvalue weighted by Crippen LogP contribution is 2.18. The van der Waals surface area contributed by atoms with Gasteiger partial charge in [-0.25, -0.2) is 0 Å². The highest BCUT2D eigenvalue weighted by atomic mass is 16.5. The highest BCUT2D eigenvalue weighted by Gasteiger charge is 2.27. The van der Waals surface area contributed by atoms with E-state index in [1.807, 2.05) is 6.92 Å². The SMILES string of the molecule is CC(C)CNC(=O)C1COC(C)C1. The molecule has 0 aromatic carbocycles. The first kappa shape index (κ1) is 10.5. The topological polar surface area (TPSA) is 38.3 Å². The van der Waals surface area contributed by atoms with E-state index in [1.165, 1.54) is 0 Å². The lowest BCUT2D eigenvalue weighted by Crippen LogP contribution is -2.33. The van der Waals surface area contributed by atoms with Crippen LogP contribution in [0.1, 0.15) is 27.2 Å². The zero-order valence-corrected chi connectivity index (χ0v) is 8.67. The van der Waals surface area contributed by atoms with Crippen LogP contribution in [0.3, 0.4) is 0 Å². The molecule has 2 unspecified atom stereocenters. The van der Waals surface area contributed by atoms with Gasteiger partial charge in [0, 0.05) is 6.54 Å². The first-order chi connectivity index (χ1) is 6.09. The van der Waals surface area contributed by atoms with Crippen molar-refractivity contribution in [1.82, 2.24) is 5.32 Å². The molecule has 0 bridgehead atoms. The number of carbonyl (C=O) groups excluding carboxylic acids is 1. The lowest BCUT2D eigenvalue weighted by molar-refractivity contribution is -0.125. The predicted molar refractivity (Wildman–Crippen MR) is 51.4 cm³/mol. The maximum atomic E-state index is 11.5. The van der Waals surface area contributed by atoms with Gasteiger partial charge in [0.1, 0.15) is 0 Å². The van der Waals surface area contributed by atoms with Gasteiger partial charge in [0.05, 0.1) is 18.6 Å². The summed E-state index contributed by atoms with van der Waals surface area (Å²) in [5, 5.41) is 2.93. The molecule has 1 aliphatic rings. The van der Waals surface area contributed by atoms with Crippen LogP contribution >= 0.6 is 0 Å². The summed E-state index contributed by atoms with van der Waals surface area (Å²) in [6.45, 7) is 7.55. The number of rotatable bonds is 3. The van der Waals surface area contributed by atoms with Crippen molar-refractivity contribution in [3.8, 4) is 0 Å². The summed E-state index contributed by atoms with van der Waals surface area (Å²) in [5.41, 5.74) is 0. The van der Waals surface area contributed by atoms with Crippen LogP contribution in [-0.2, 0) is 9.53 Å². The van der Waals surface area contributed by atoms with E-state index in [1.54, 1.807) is 0 Å². The third-order valence-electron chi connectivity index (χ3n) is 2.25.